The Morgan fingerprint density at radius 3 is 2.56 bits per heavy atom. The fourth-order valence-corrected chi connectivity index (χ4v) is 2.22. The third-order valence-corrected chi connectivity index (χ3v) is 3.27. The van der Waals surface area contributed by atoms with E-state index in [9.17, 15) is 10.1 Å². The number of hydrogen-bond acceptors (Lipinski definition) is 4. The minimum Gasteiger partial charge on any atom is -0.258 e. The van der Waals surface area contributed by atoms with Crippen molar-refractivity contribution in [1.29, 1.82) is 5.26 Å². The van der Waals surface area contributed by atoms with Gasteiger partial charge in [-0.15, -0.1) is 0 Å². The van der Waals surface area contributed by atoms with Gasteiger partial charge in [0.15, 0.2) is 0 Å². The molecule has 18 heavy (non-hydrogen) atoms. The van der Waals surface area contributed by atoms with Crippen molar-refractivity contribution in [3.63, 3.8) is 0 Å². The number of rotatable bonds is 3. The van der Waals surface area contributed by atoms with Crippen LogP contribution in [0.15, 0.2) is 42.5 Å². The molecule has 2 aromatic rings. The maximum Gasteiger partial charge on any atom is 0.324 e. The normalized spacial score (nSPS) is 10.9. The molecule has 0 saturated carbocycles. The van der Waals surface area contributed by atoms with Gasteiger partial charge in [-0.25, -0.2) is 0 Å². The van der Waals surface area contributed by atoms with E-state index >= 15 is 0 Å². The van der Waals surface area contributed by atoms with Crippen LogP contribution in [0.1, 0.15) is 10.4 Å². The highest BCUT2D eigenvalue weighted by Crippen LogP contribution is 2.27. The summed E-state index contributed by atoms with van der Waals surface area (Å²) >= 11 is 1.05. The Bertz CT molecular complexity index is 639. The standard InChI is InChI=1S/C13H8N2O2S/c14-9-11(10-4-2-1-3-5-10)8-12-6-7-13(18-12)15(16)17/h1-8H/b11-8+. The summed E-state index contributed by atoms with van der Waals surface area (Å²) in [6.45, 7) is 0. The van der Waals surface area contributed by atoms with E-state index in [1.807, 2.05) is 30.3 Å². The molecule has 0 fully saturated rings. The number of nitrogens with zero attached hydrogens (tertiary/aromatic N) is 2. The van der Waals surface area contributed by atoms with Gasteiger partial charge in [0.05, 0.1) is 16.6 Å². The first-order valence-corrected chi connectivity index (χ1v) is 5.94. The van der Waals surface area contributed by atoms with Crippen molar-refractivity contribution < 1.29 is 4.92 Å². The van der Waals surface area contributed by atoms with Crippen LogP contribution in [0.3, 0.4) is 0 Å². The van der Waals surface area contributed by atoms with Crippen molar-refractivity contribution in [2.24, 2.45) is 0 Å². The lowest BCUT2D eigenvalue weighted by Gasteiger charge is -1.96. The zero-order valence-electron chi connectivity index (χ0n) is 9.24. The van der Waals surface area contributed by atoms with Crippen molar-refractivity contribution in [2.45, 2.75) is 0 Å². The number of thiophene rings is 1. The fraction of sp³-hybridized carbons (Fsp3) is 0. The molecule has 88 valence electrons. The second kappa shape index (κ2) is 5.25. The number of hydrogen-bond donors (Lipinski definition) is 0. The van der Waals surface area contributed by atoms with E-state index in [0.717, 1.165) is 16.9 Å². The Labute approximate surface area is 108 Å². The number of nitriles is 1. The smallest absolute Gasteiger partial charge is 0.258 e. The monoisotopic (exact) mass is 256 g/mol. The molecule has 1 aromatic carbocycles. The third kappa shape index (κ3) is 2.62. The predicted molar refractivity (Wildman–Crippen MR) is 70.9 cm³/mol. The average Bonchev–Trinajstić information content (AvgIpc) is 2.86. The molecule has 0 spiro atoms. The van der Waals surface area contributed by atoms with Gasteiger partial charge in [-0.05, 0) is 17.7 Å². The average molecular weight is 256 g/mol. The molecule has 0 saturated heterocycles. The summed E-state index contributed by atoms with van der Waals surface area (Å²) in [4.78, 5) is 10.8. The molecule has 1 aromatic heterocycles. The second-order valence-electron chi connectivity index (χ2n) is 3.47. The Morgan fingerprint density at radius 1 is 1.28 bits per heavy atom. The summed E-state index contributed by atoms with van der Waals surface area (Å²) in [6.07, 6.45) is 1.66. The lowest BCUT2D eigenvalue weighted by atomic mass is 10.1. The molecule has 0 atom stereocenters. The van der Waals surface area contributed by atoms with Gasteiger partial charge < -0.3 is 0 Å². The van der Waals surface area contributed by atoms with Crippen LogP contribution < -0.4 is 0 Å². The molecule has 0 unspecified atom stereocenters. The summed E-state index contributed by atoms with van der Waals surface area (Å²) in [5.74, 6) is 0. The topological polar surface area (TPSA) is 66.9 Å². The minimum atomic E-state index is -0.434. The van der Waals surface area contributed by atoms with Gasteiger partial charge in [0.25, 0.3) is 0 Å². The minimum absolute atomic E-state index is 0.0756. The summed E-state index contributed by atoms with van der Waals surface area (Å²) in [5.41, 5.74) is 1.29. The second-order valence-corrected chi connectivity index (χ2v) is 4.56. The van der Waals surface area contributed by atoms with Crippen molar-refractivity contribution >= 4 is 28.0 Å². The molecule has 0 aliphatic heterocycles. The predicted octanol–water partition coefficient (Wildman–Crippen LogP) is 3.72. The Hall–Kier alpha value is -2.45. The number of allylic oxidation sites excluding steroid dienone is 1. The van der Waals surface area contributed by atoms with Gasteiger partial charge in [0.1, 0.15) is 0 Å². The van der Waals surface area contributed by atoms with Crippen molar-refractivity contribution in [3.8, 4) is 6.07 Å². The highest BCUT2D eigenvalue weighted by atomic mass is 32.1. The van der Waals surface area contributed by atoms with E-state index in [2.05, 4.69) is 6.07 Å². The van der Waals surface area contributed by atoms with Gasteiger partial charge in [0, 0.05) is 10.9 Å². The summed E-state index contributed by atoms with van der Waals surface area (Å²) in [6, 6.07) is 14.4. The van der Waals surface area contributed by atoms with Crippen LogP contribution in [-0.4, -0.2) is 4.92 Å². The van der Waals surface area contributed by atoms with Gasteiger partial charge in [-0.1, -0.05) is 41.7 Å². The van der Waals surface area contributed by atoms with E-state index < -0.39 is 4.92 Å². The van der Waals surface area contributed by atoms with E-state index in [0.29, 0.717) is 10.5 Å². The lowest BCUT2D eigenvalue weighted by Crippen LogP contribution is -1.80. The van der Waals surface area contributed by atoms with Gasteiger partial charge >= 0.3 is 5.00 Å². The number of nitro groups is 1. The molecule has 0 aliphatic carbocycles. The molecule has 0 aliphatic rings. The van der Waals surface area contributed by atoms with Crippen molar-refractivity contribution in [1.82, 2.24) is 0 Å². The van der Waals surface area contributed by atoms with Crippen LogP contribution in [0.4, 0.5) is 5.00 Å². The first-order valence-electron chi connectivity index (χ1n) is 5.12. The van der Waals surface area contributed by atoms with Crippen LogP contribution >= 0.6 is 11.3 Å². The van der Waals surface area contributed by atoms with Crippen LogP contribution in [0.2, 0.25) is 0 Å². The molecular weight excluding hydrogens is 248 g/mol. The SMILES string of the molecule is N#C/C(=C\c1ccc([N+](=O)[O-])s1)c1ccccc1. The first-order chi connectivity index (χ1) is 8.70. The fourth-order valence-electron chi connectivity index (χ4n) is 1.46. The maximum atomic E-state index is 10.6. The zero-order valence-corrected chi connectivity index (χ0v) is 10.1. The molecular formula is C13H8N2O2S. The largest absolute Gasteiger partial charge is 0.324 e. The molecule has 0 N–H and O–H groups in total. The molecule has 2 rings (SSSR count). The maximum absolute atomic E-state index is 10.6. The van der Waals surface area contributed by atoms with E-state index in [4.69, 9.17) is 5.26 Å². The van der Waals surface area contributed by atoms with Crippen molar-refractivity contribution in [3.05, 3.63) is 63.0 Å². The van der Waals surface area contributed by atoms with Crippen LogP contribution in [0, 0.1) is 21.4 Å². The van der Waals surface area contributed by atoms with Crippen LogP contribution in [0.5, 0.6) is 0 Å². The lowest BCUT2D eigenvalue weighted by molar-refractivity contribution is -0.380. The van der Waals surface area contributed by atoms with Crippen molar-refractivity contribution in [2.75, 3.05) is 0 Å². The Balaban J connectivity index is 2.36. The molecule has 0 radical (unpaired) electrons. The van der Waals surface area contributed by atoms with Crippen LogP contribution in [-0.2, 0) is 0 Å². The molecule has 1 heterocycles. The molecule has 0 amide bonds. The van der Waals surface area contributed by atoms with Gasteiger partial charge in [-0.2, -0.15) is 5.26 Å². The molecule has 5 heteroatoms. The first kappa shape index (κ1) is 12.0. The Kier molecular flexibility index (Phi) is 3.51. The zero-order chi connectivity index (χ0) is 13.0. The molecule has 4 nitrogen and oxygen atoms in total. The summed E-state index contributed by atoms with van der Waals surface area (Å²) in [5, 5.41) is 19.8. The van der Waals surface area contributed by atoms with Gasteiger partial charge in [-0.3, -0.25) is 10.1 Å². The van der Waals surface area contributed by atoms with E-state index in [1.54, 1.807) is 12.1 Å². The quantitative estimate of drug-likeness (QED) is 0.477. The summed E-state index contributed by atoms with van der Waals surface area (Å²) < 4.78 is 0. The van der Waals surface area contributed by atoms with Crippen LogP contribution in [0.25, 0.3) is 11.6 Å². The molecule has 0 bridgehead atoms. The number of benzene rings is 1. The van der Waals surface area contributed by atoms with Gasteiger partial charge in [0.2, 0.25) is 0 Å². The summed E-state index contributed by atoms with van der Waals surface area (Å²) in [7, 11) is 0. The Morgan fingerprint density at radius 2 is 2.00 bits per heavy atom. The van der Waals surface area contributed by atoms with E-state index in [-0.39, 0.29) is 5.00 Å². The van der Waals surface area contributed by atoms with E-state index in [1.165, 1.54) is 6.07 Å². The third-order valence-electron chi connectivity index (χ3n) is 2.28. The highest BCUT2D eigenvalue weighted by Gasteiger charge is 2.09. The highest BCUT2D eigenvalue weighted by molar-refractivity contribution is 7.16.